The van der Waals surface area contributed by atoms with Crippen LogP contribution in [0.5, 0.6) is 0 Å². The van der Waals surface area contributed by atoms with Gasteiger partial charge in [-0.2, -0.15) is 18.3 Å². The number of halogens is 3. The summed E-state index contributed by atoms with van der Waals surface area (Å²) in [4.78, 5) is 23.1. The van der Waals surface area contributed by atoms with Gasteiger partial charge in [-0.3, -0.25) is 14.3 Å². The summed E-state index contributed by atoms with van der Waals surface area (Å²) in [6.45, 7) is 2.44. The molecule has 2 aliphatic heterocycles. The minimum atomic E-state index is -4.46. The number of rotatable bonds is 3. The lowest BCUT2D eigenvalue weighted by Gasteiger charge is -2.45. The molecule has 3 aliphatic rings. The Bertz CT molecular complexity index is 1240. The fourth-order valence-electron chi connectivity index (χ4n) is 5.25. The Morgan fingerprint density at radius 3 is 2.69 bits per heavy atom. The van der Waals surface area contributed by atoms with E-state index in [1.807, 2.05) is 4.90 Å². The molecule has 5 heterocycles. The van der Waals surface area contributed by atoms with E-state index in [1.165, 1.54) is 6.20 Å². The molecule has 6 rings (SSSR count). The summed E-state index contributed by atoms with van der Waals surface area (Å²) in [6.07, 6.45) is 2.44. The molecule has 8 nitrogen and oxygen atoms in total. The van der Waals surface area contributed by atoms with Gasteiger partial charge in [0.25, 0.3) is 5.56 Å². The van der Waals surface area contributed by atoms with E-state index in [1.54, 1.807) is 27.8 Å². The highest BCUT2D eigenvalue weighted by Crippen LogP contribution is 2.54. The fourth-order valence-corrected chi connectivity index (χ4v) is 5.25. The van der Waals surface area contributed by atoms with E-state index in [-0.39, 0.29) is 23.1 Å². The molecule has 3 aromatic heterocycles. The van der Waals surface area contributed by atoms with Gasteiger partial charge < -0.3 is 9.64 Å². The minimum Gasteiger partial charge on any atom is -0.377 e. The van der Waals surface area contributed by atoms with Gasteiger partial charge in [0.15, 0.2) is 5.52 Å². The first kappa shape index (κ1) is 19.7. The van der Waals surface area contributed by atoms with Gasteiger partial charge >= 0.3 is 6.18 Å². The van der Waals surface area contributed by atoms with Crippen molar-refractivity contribution in [3.63, 3.8) is 0 Å². The van der Waals surface area contributed by atoms with Crippen LogP contribution < -0.4 is 10.5 Å². The lowest BCUT2D eigenvalue weighted by Crippen LogP contribution is -2.44. The van der Waals surface area contributed by atoms with Gasteiger partial charge in [0.05, 0.1) is 31.8 Å². The van der Waals surface area contributed by atoms with Gasteiger partial charge in [-0.1, -0.05) is 0 Å². The van der Waals surface area contributed by atoms with Crippen LogP contribution in [-0.4, -0.2) is 50.6 Å². The predicted octanol–water partition coefficient (Wildman–Crippen LogP) is 2.81. The second-order valence-corrected chi connectivity index (χ2v) is 9.10. The Morgan fingerprint density at radius 1 is 1.16 bits per heavy atom. The molecule has 1 aliphatic carbocycles. The van der Waals surface area contributed by atoms with E-state index in [0.29, 0.717) is 43.0 Å². The van der Waals surface area contributed by atoms with Gasteiger partial charge in [-0.25, -0.2) is 9.67 Å². The van der Waals surface area contributed by atoms with E-state index in [4.69, 9.17) is 4.74 Å². The third-order valence-electron chi connectivity index (χ3n) is 7.07. The molecule has 1 spiro atoms. The number of pyridine rings is 1. The molecule has 0 atom stereocenters. The molecule has 1 saturated carbocycles. The SMILES string of the molecule is O=c1c2c(cnn2C2COC2)ncn1C1CC2(CCN(c3ccnc(C(F)(F)F)c3)C2)C1. The maximum atomic E-state index is 13.2. The van der Waals surface area contributed by atoms with Gasteiger partial charge in [0.2, 0.25) is 0 Å². The fraction of sp³-hybridized carbons (Fsp3) is 0.524. The minimum absolute atomic E-state index is 0.00276. The molecular formula is C21H21F3N6O2. The second kappa shape index (κ2) is 6.77. The van der Waals surface area contributed by atoms with Crippen LogP contribution in [-0.2, 0) is 10.9 Å². The van der Waals surface area contributed by atoms with Crippen LogP contribution in [0.1, 0.15) is 37.0 Å². The lowest BCUT2D eigenvalue weighted by atomic mass is 9.65. The number of nitrogens with zero attached hydrogens (tertiary/aromatic N) is 6. The first-order chi connectivity index (χ1) is 15.3. The van der Waals surface area contributed by atoms with Crippen LogP contribution >= 0.6 is 0 Å². The Kier molecular flexibility index (Phi) is 4.17. The molecule has 2 saturated heterocycles. The molecule has 168 valence electrons. The van der Waals surface area contributed by atoms with Crippen molar-refractivity contribution in [2.45, 2.75) is 37.5 Å². The molecule has 3 fully saturated rings. The molecule has 0 amide bonds. The maximum absolute atomic E-state index is 13.2. The molecule has 3 aromatic rings. The first-order valence-electron chi connectivity index (χ1n) is 10.6. The molecule has 0 bridgehead atoms. The first-order valence-corrected chi connectivity index (χ1v) is 10.6. The summed E-state index contributed by atoms with van der Waals surface area (Å²) in [6, 6.07) is 2.83. The maximum Gasteiger partial charge on any atom is 0.433 e. The number of hydrogen-bond donors (Lipinski definition) is 0. The average molecular weight is 446 g/mol. The zero-order valence-electron chi connectivity index (χ0n) is 17.1. The Labute approximate surface area is 180 Å². The van der Waals surface area contributed by atoms with Gasteiger partial charge in [0, 0.05) is 31.0 Å². The summed E-state index contributed by atoms with van der Waals surface area (Å²) < 4.78 is 47.7. The zero-order chi connectivity index (χ0) is 22.1. The van der Waals surface area contributed by atoms with Crippen molar-refractivity contribution in [2.24, 2.45) is 5.41 Å². The van der Waals surface area contributed by atoms with Crippen LogP contribution in [0.4, 0.5) is 18.9 Å². The van der Waals surface area contributed by atoms with Gasteiger partial charge in [-0.05, 0) is 36.8 Å². The molecule has 0 N–H and O–H groups in total. The van der Waals surface area contributed by atoms with Crippen molar-refractivity contribution in [1.82, 2.24) is 24.3 Å². The number of fused-ring (bicyclic) bond motifs is 1. The number of anilines is 1. The zero-order valence-corrected chi connectivity index (χ0v) is 17.1. The van der Waals surface area contributed by atoms with E-state index in [0.717, 1.165) is 25.3 Å². The quantitative estimate of drug-likeness (QED) is 0.616. The summed E-state index contributed by atoms with van der Waals surface area (Å²) in [7, 11) is 0. The number of aromatic nitrogens is 5. The van der Waals surface area contributed by atoms with E-state index < -0.39 is 11.9 Å². The van der Waals surface area contributed by atoms with Crippen molar-refractivity contribution in [3.8, 4) is 0 Å². The van der Waals surface area contributed by atoms with Gasteiger partial charge in [0.1, 0.15) is 11.2 Å². The number of ether oxygens (including phenoxy) is 1. The van der Waals surface area contributed by atoms with Gasteiger partial charge in [-0.15, -0.1) is 0 Å². The third-order valence-corrected chi connectivity index (χ3v) is 7.07. The number of hydrogen-bond acceptors (Lipinski definition) is 6. The Balaban J connectivity index is 1.20. The molecule has 11 heteroatoms. The molecule has 32 heavy (non-hydrogen) atoms. The topological polar surface area (TPSA) is 78.1 Å². The third kappa shape index (κ3) is 3.01. The lowest BCUT2D eigenvalue weighted by molar-refractivity contribution is -0.141. The molecular weight excluding hydrogens is 425 g/mol. The van der Waals surface area contributed by atoms with Crippen molar-refractivity contribution in [2.75, 3.05) is 31.2 Å². The highest BCUT2D eigenvalue weighted by atomic mass is 19.4. The largest absolute Gasteiger partial charge is 0.433 e. The second-order valence-electron chi connectivity index (χ2n) is 9.10. The normalized spacial score (nSPS) is 26.0. The average Bonchev–Trinajstić information content (AvgIpc) is 3.31. The number of alkyl halides is 3. The summed E-state index contributed by atoms with van der Waals surface area (Å²) in [5.74, 6) is 0. The predicted molar refractivity (Wildman–Crippen MR) is 108 cm³/mol. The van der Waals surface area contributed by atoms with E-state index in [2.05, 4.69) is 15.1 Å². The van der Waals surface area contributed by atoms with E-state index in [9.17, 15) is 18.0 Å². The van der Waals surface area contributed by atoms with Crippen LogP contribution in [0.3, 0.4) is 0 Å². The molecule has 0 aromatic carbocycles. The standard InChI is InChI=1S/C21H21F3N6O2/c22-21(23,24)17-5-13(1-3-25-17)28-4-2-20(11-28)6-14(7-20)29-12-26-16-8-27-30(15-9-32-10-15)18(16)19(29)31/h1,3,5,8,12,14-15H,2,4,6-7,9-11H2. The highest BCUT2D eigenvalue weighted by Gasteiger charge is 2.49. The van der Waals surface area contributed by atoms with Crippen molar-refractivity contribution >= 4 is 16.7 Å². The Hall–Kier alpha value is -2.95. The van der Waals surface area contributed by atoms with Crippen LogP contribution in [0, 0.1) is 5.41 Å². The Morgan fingerprint density at radius 2 is 1.97 bits per heavy atom. The molecule has 0 radical (unpaired) electrons. The van der Waals surface area contributed by atoms with Crippen LogP contribution in [0.15, 0.2) is 35.6 Å². The van der Waals surface area contributed by atoms with Crippen molar-refractivity contribution in [3.05, 3.63) is 46.9 Å². The summed E-state index contributed by atoms with van der Waals surface area (Å²) in [5, 5.41) is 4.33. The van der Waals surface area contributed by atoms with Crippen LogP contribution in [0.2, 0.25) is 0 Å². The summed E-state index contributed by atoms with van der Waals surface area (Å²) in [5.41, 5.74) is 0.658. The van der Waals surface area contributed by atoms with E-state index >= 15 is 0 Å². The monoisotopic (exact) mass is 446 g/mol. The highest BCUT2D eigenvalue weighted by molar-refractivity contribution is 5.72. The summed E-state index contributed by atoms with van der Waals surface area (Å²) >= 11 is 0. The smallest absolute Gasteiger partial charge is 0.377 e. The van der Waals surface area contributed by atoms with Crippen LogP contribution in [0.25, 0.3) is 11.0 Å². The van der Waals surface area contributed by atoms with Crippen molar-refractivity contribution in [1.29, 1.82) is 0 Å². The van der Waals surface area contributed by atoms with Crippen molar-refractivity contribution < 1.29 is 17.9 Å². The molecule has 0 unspecified atom stereocenters.